The summed E-state index contributed by atoms with van der Waals surface area (Å²) >= 11 is 32.3. The molecule has 4 aromatic carbocycles. The van der Waals surface area contributed by atoms with E-state index in [1.807, 2.05) is 140 Å². The van der Waals surface area contributed by atoms with Gasteiger partial charge in [0.2, 0.25) is 29.7 Å². The van der Waals surface area contributed by atoms with Crippen molar-refractivity contribution in [3.63, 3.8) is 0 Å². The summed E-state index contributed by atoms with van der Waals surface area (Å²) in [5.41, 5.74) is 7.46. The van der Waals surface area contributed by atoms with E-state index in [1.165, 1.54) is 44.7 Å². The Balaban J connectivity index is 0.000000146. The maximum atomic E-state index is 12.6. The largest absolute Gasteiger partial charge is 0.481 e. The number of hydrogen-bond donors (Lipinski definition) is 10. The predicted molar refractivity (Wildman–Crippen MR) is 574 cm³/mol. The van der Waals surface area contributed by atoms with Crippen LogP contribution in [0.4, 0.5) is 47.1 Å². The van der Waals surface area contributed by atoms with Crippen LogP contribution in [-0.4, -0.2) is 288 Å². The summed E-state index contributed by atoms with van der Waals surface area (Å²) in [5, 5.41) is 75.2. The molecule has 1 saturated carbocycles. The maximum Gasteiger partial charge on any atom is 0.343 e. The van der Waals surface area contributed by atoms with Crippen molar-refractivity contribution in [2.24, 2.45) is 52.8 Å². The number of anilines is 8. The Hall–Kier alpha value is -9.88. The zero-order valence-electron chi connectivity index (χ0n) is 86.2. The van der Waals surface area contributed by atoms with Crippen molar-refractivity contribution >= 4 is 135 Å². The van der Waals surface area contributed by atoms with Gasteiger partial charge in [-0.2, -0.15) is 19.9 Å². The van der Waals surface area contributed by atoms with Crippen LogP contribution in [-0.2, 0) is 24.7 Å². The number of aliphatic hydroxyl groups excluding tert-OH is 2. The Bertz CT molecular complexity index is 5860. The standard InChI is InChI=1S/C30H42ClN5O3.C28H36Cl2N6O3.C26H36ClN5O3.C24H32ClN5O3/c1-18-8-9-23(25(31)11-18)19(2)33-26-24(29(3,4)39)14-32-28(34-26)36-16-21(17-36)20-7-6-10-35(15-20)22-12-30(5,13-22)27(37)38;1-17-7-8-20(22(29)13-17)18(2)32-26-23(30)14-31-28(33-26)36-15-19(16-36)21-5-3-10-35(25(21)27(38)39)12-11-34-9-4-6-24(34)37;1-4-35-25(34)22-13-28-26(30-24(22)29-18(3)21-8-7-17(2)12-23(21)27)32-15-20(16-32)19-6-5-9-31(14-19)10-11-33;1-15-5-6-19(21(25)10-15)16(2)27-22-20(23(32)33)11-26-24(28-22)30-13-18(14-30)17-4-3-7-29(12-17)8-9-31/h8-9,11,14,19-22,39H,6-7,10,12-13,15-17H2,1-5H3,(H,37,38)(H,32,33,34);7-8,13-14,18-19,21,25H,3-6,9-12,15-16H2,1-2H3,(H,38,39)(H,31,32,33);7-8,12-13,18-20,33H,4-6,9-11,14-16H2,1-3H3,(H,28,29,30);5-6,10-11,16-18,31H,3-4,7-9,12-14H2,1-2H3,(H,32,33)(H,26,27,28). The summed E-state index contributed by atoms with van der Waals surface area (Å²) < 4.78 is 5.24. The van der Waals surface area contributed by atoms with Crippen LogP contribution in [0.5, 0.6) is 0 Å². The first-order chi connectivity index (χ1) is 69.8. The highest BCUT2D eigenvalue weighted by Crippen LogP contribution is 2.48. The molecule has 9 unspecified atom stereocenters. The van der Waals surface area contributed by atoms with E-state index in [4.69, 9.17) is 77.7 Å². The number of halogens is 5. The first-order valence-corrected chi connectivity index (χ1v) is 53.9. The average Bonchev–Trinajstić information content (AvgIpc) is 0.942. The Morgan fingerprint density at radius 3 is 1.28 bits per heavy atom. The number of nitrogens with zero attached hydrogens (tertiary/aromatic N) is 17. The van der Waals surface area contributed by atoms with Gasteiger partial charge in [-0.3, -0.25) is 19.3 Å². The number of ether oxygens (including phenoxy) is 1. The number of aliphatic carboxylic acids is 2. The molecule has 0 spiro atoms. The van der Waals surface area contributed by atoms with Crippen LogP contribution < -0.4 is 40.9 Å². The van der Waals surface area contributed by atoms with Gasteiger partial charge in [-0.25, -0.2) is 29.5 Å². The smallest absolute Gasteiger partial charge is 0.343 e. The molecule has 9 atom stereocenters. The third-order valence-electron chi connectivity index (χ3n) is 31.4. The maximum absolute atomic E-state index is 12.6. The average molecular weight is 2110 g/mol. The Morgan fingerprint density at radius 2 is 0.863 bits per heavy atom. The molecule has 38 heteroatoms. The van der Waals surface area contributed by atoms with Gasteiger partial charge in [0.05, 0.1) is 61.2 Å². The van der Waals surface area contributed by atoms with E-state index in [-0.39, 0.29) is 67.3 Å². The van der Waals surface area contributed by atoms with E-state index in [9.17, 15) is 54.6 Å². The highest BCUT2D eigenvalue weighted by molar-refractivity contribution is 6.33. The number of β-amino-alcohol motifs (C(OH)–C–C–N with tert-alkyl or cyclic N) is 2. The fourth-order valence-electron chi connectivity index (χ4n) is 22.6. The molecule has 13 heterocycles. The minimum atomic E-state index is -1.10. The van der Waals surface area contributed by atoms with Crippen LogP contribution in [0.25, 0.3) is 0 Å². The lowest BCUT2D eigenvalue weighted by Crippen LogP contribution is -2.60. The van der Waals surface area contributed by atoms with Gasteiger partial charge in [-0.05, 0) is 296 Å². The number of rotatable bonds is 34. The number of piperidine rings is 4. The van der Waals surface area contributed by atoms with E-state index < -0.39 is 40.9 Å². The van der Waals surface area contributed by atoms with Gasteiger partial charge in [-0.15, -0.1) is 0 Å². The second-order valence-electron chi connectivity index (χ2n) is 42.8. The Kier molecular flexibility index (Phi) is 37.2. The number of aliphatic hydroxyl groups is 3. The van der Waals surface area contributed by atoms with Crippen molar-refractivity contribution in [1.82, 2.24) is 64.4 Å². The fraction of sp³-hybridized carbons (Fsp3) is 0.583. The Morgan fingerprint density at radius 1 is 0.466 bits per heavy atom. The molecular formula is C108H146Cl5N21O12. The van der Waals surface area contributed by atoms with Gasteiger partial charge in [0.1, 0.15) is 39.6 Å². The number of nitrogens with one attached hydrogen (secondary N) is 4. The SMILES string of the molecule is CCOC(=O)c1cnc(N2CC(C3CCCN(CCO)C3)C2)nc1NC(C)c1ccc(C)cc1Cl.Cc1ccc(C(C)Nc2nc(N3CC(C4CCCN(C5CC(C)(C(=O)O)C5)C4)C3)ncc2C(C)(C)O)c(Cl)c1.Cc1ccc(C(C)Nc2nc(N3CC(C4CCCN(CCN5CCCC5=O)C4C(=O)O)C3)ncc2Cl)c(Cl)c1.Cc1ccc(C(C)Nc2nc(N3CC(C4CCCN(CCO)C4)C3)ncc2C(=O)O)c(Cl)c1. The predicted octanol–water partition coefficient (Wildman–Crippen LogP) is 17.1. The molecule has 1 aliphatic carbocycles. The van der Waals surface area contributed by atoms with E-state index in [0.29, 0.717) is 157 Å². The molecule has 10 fully saturated rings. The number of benzene rings is 4. The number of aryl methyl sites for hydroxylation is 4. The van der Waals surface area contributed by atoms with Gasteiger partial charge in [-0.1, -0.05) is 107 Å². The number of aromatic carboxylic acids is 1. The monoisotopic (exact) mass is 2100 g/mol. The molecule has 33 nitrogen and oxygen atoms in total. The third-order valence-corrected chi connectivity index (χ3v) is 33.0. The van der Waals surface area contributed by atoms with E-state index >= 15 is 0 Å². The highest BCUT2D eigenvalue weighted by Gasteiger charge is 2.51. The third kappa shape index (κ3) is 27.1. The lowest BCUT2D eigenvalue weighted by molar-refractivity contribution is -0.158. The quantitative estimate of drug-likeness (QED) is 0.0167. The molecule has 10 N–H and O–H groups in total. The van der Waals surface area contributed by atoms with E-state index in [0.717, 1.165) is 181 Å². The van der Waals surface area contributed by atoms with Crippen LogP contribution in [0.1, 0.15) is 227 Å². The fourth-order valence-corrected chi connectivity index (χ4v) is 24.3. The summed E-state index contributed by atoms with van der Waals surface area (Å²) in [7, 11) is 0. The van der Waals surface area contributed by atoms with Crippen molar-refractivity contribution in [2.45, 2.75) is 202 Å². The molecule has 9 saturated heterocycles. The molecular weight excluding hydrogens is 1960 g/mol. The molecule has 18 rings (SSSR count). The van der Waals surface area contributed by atoms with Gasteiger partial charge >= 0.3 is 23.9 Å². The topological polar surface area (TPSA) is 396 Å². The molecule has 8 aromatic rings. The summed E-state index contributed by atoms with van der Waals surface area (Å²) in [6.07, 6.45) is 18.3. The van der Waals surface area contributed by atoms with Gasteiger partial charge in [0.15, 0.2) is 5.82 Å². The van der Waals surface area contributed by atoms with Crippen molar-refractivity contribution in [3.8, 4) is 0 Å². The number of hydrogen-bond acceptors (Lipinski definition) is 29. The zero-order chi connectivity index (χ0) is 104. The molecule has 790 valence electrons. The first-order valence-electron chi connectivity index (χ1n) is 52.0. The lowest BCUT2D eigenvalue weighted by atomic mass is 9.65. The molecule has 0 bridgehead atoms. The number of carbonyl (C=O) groups excluding carboxylic acids is 2. The highest BCUT2D eigenvalue weighted by atomic mass is 35.5. The molecule has 146 heavy (non-hydrogen) atoms. The molecule has 0 radical (unpaired) electrons. The summed E-state index contributed by atoms with van der Waals surface area (Å²) in [6.45, 7) is 41.2. The summed E-state index contributed by atoms with van der Waals surface area (Å²) in [5.74, 6) is 5.43. The number of carboxylic acid groups (broad SMARTS) is 3. The van der Waals surface area contributed by atoms with Crippen LogP contribution >= 0.6 is 58.0 Å². The Labute approximate surface area is 883 Å². The molecule has 10 aliphatic rings. The van der Waals surface area contributed by atoms with Crippen LogP contribution in [0.15, 0.2) is 97.6 Å². The lowest BCUT2D eigenvalue weighted by Gasteiger charge is -2.52. The van der Waals surface area contributed by atoms with Gasteiger partial charge in [0.25, 0.3) is 0 Å². The van der Waals surface area contributed by atoms with Gasteiger partial charge < -0.3 is 95.8 Å². The zero-order valence-corrected chi connectivity index (χ0v) is 90.0. The number of carboxylic acids is 3. The number of carbonyl (C=O) groups is 5. The molecule has 4 aromatic heterocycles. The van der Waals surface area contributed by atoms with Gasteiger partial charge in [0, 0.05) is 161 Å². The second kappa shape index (κ2) is 49.3. The number of esters is 1. The minimum absolute atomic E-state index is 0.0397. The van der Waals surface area contributed by atoms with Crippen molar-refractivity contribution in [2.75, 3.05) is 192 Å². The van der Waals surface area contributed by atoms with Crippen LogP contribution in [0, 0.1) is 80.5 Å². The van der Waals surface area contributed by atoms with E-state index in [1.54, 1.807) is 39.4 Å². The normalized spacial score (nSPS) is 22.7. The van der Waals surface area contributed by atoms with Crippen molar-refractivity contribution in [3.05, 3.63) is 184 Å². The van der Waals surface area contributed by atoms with Crippen LogP contribution in [0.2, 0.25) is 25.1 Å². The second-order valence-corrected chi connectivity index (χ2v) is 44.8. The summed E-state index contributed by atoms with van der Waals surface area (Å²) in [6, 6.07) is 23.0. The minimum Gasteiger partial charge on any atom is -0.481 e. The van der Waals surface area contributed by atoms with Crippen molar-refractivity contribution in [1.29, 1.82) is 0 Å². The van der Waals surface area contributed by atoms with Crippen LogP contribution in [0.3, 0.4) is 0 Å². The first kappa shape index (κ1) is 110. The van der Waals surface area contributed by atoms with E-state index in [2.05, 4.69) is 85.4 Å². The van der Waals surface area contributed by atoms with Crippen molar-refractivity contribution < 1.29 is 59.3 Å². The summed E-state index contributed by atoms with van der Waals surface area (Å²) in [4.78, 5) is 117. The number of aromatic nitrogens is 8. The number of likely N-dealkylation sites (tertiary alicyclic amines) is 5. The number of amides is 1. The molecule has 9 aliphatic heterocycles. The molecule has 1 amide bonds.